The van der Waals surface area contributed by atoms with Crippen LogP contribution in [0.4, 0.5) is 5.69 Å². The molecule has 4 rings (SSSR count). The van der Waals surface area contributed by atoms with Gasteiger partial charge in [-0.2, -0.15) is 0 Å². The van der Waals surface area contributed by atoms with Gasteiger partial charge in [0.05, 0.1) is 20.6 Å². The van der Waals surface area contributed by atoms with Crippen molar-refractivity contribution in [2.45, 2.75) is 43.8 Å². The van der Waals surface area contributed by atoms with Crippen LogP contribution < -0.4 is 9.62 Å². The molecule has 0 heterocycles. The Morgan fingerprint density at radius 1 is 0.767 bits per heavy atom. The van der Waals surface area contributed by atoms with E-state index in [2.05, 4.69) is 5.32 Å². The highest BCUT2D eigenvalue weighted by atomic mass is 35.5. The molecule has 0 saturated carbocycles. The minimum Gasteiger partial charge on any atom is -0.352 e. The van der Waals surface area contributed by atoms with E-state index >= 15 is 0 Å². The minimum atomic E-state index is -4.28. The number of amides is 2. The molecule has 43 heavy (non-hydrogen) atoms. The van der Waals surface area contributed by atoms with Crippen LogP contribution in [0.15, 0.2) is 114 Å². The molecule has 0 saturated heterocycles. The van der Waals surface area contributed by atoms with Crippen LogP contribution in [0.1, 0.15) is 25.0 Å². The zero-order valence-electron chi connectivity index (χ0n) is 23.9. The summed E-state index contributed by atoms with van der Waals surface area (Å²) in [5, 5.41) is 3.07. The smallest absolute Gasteiger partial charge is 0.264 e. The molecule has 4 aromatic carbocycles. The van der Waals surface area contributed by atoms with Gasteiger partial charge >= 0.3 is 0 Å². The molecule has 0 bridgehead atoms. The fraction of sp³-hybridized carbons (Fsp3) is 0.212. The topological polar surface area (TPSA) is 86.8 Å². The number of carbonyl (C=O) groups excluding carboxylic acids is 2. The molecule has 1 atom stereocenters. The quantitative estimate of drug-likeness (QED) is 0.196. The Morgan fingerprint density at radius 3 is 1.91 bits per heavy atom. The predicted octanol–water partition coefficient (Wildman–Crippen LogP) is 6.35. The molecule has 2 amide bonds. The van der Waals surface area contributed by atoms with Crippen molar-refractivity contribution in [3.63, 3.8) is 0 Å². The van der Waals surface area contributed by atoms with Crippen LogP contribution in [-0.4, -0.2) is 43.8 Å². The van der Waals surface area contributed by atoms with Crippen molar-refractivity contribution < 1.29 is 18.0 Å². The van der Waals surface area contributed by atoms with E-state index in [9.17, 15) is 18.0 Å². The highest BCUT2D eigenvalue weighted by Gasteiger charge is 2.35. The molecular formula is C33H33Cl2N3O4S. The van der Waals surface area contributed by atoms with Crippen molar-refractivity contribution in [3.05, 3.63) is 130 Å². The van der Waals surface area contributed by atoms with E-state index in [1.807, 2.05) is 74.5 Å². The van der Waals surface area contributed by atoms with Gasteiger partial charge in [-0.1, -0.05) is 108 Å². The molecule has 224 valence electrons. The van der Waals surface area contributed by atoms with Crippen molar-refractivity contribution in [2.24, 2.45) is 0 Å². The monoisotopic (exact) mass is 637 g/mol. The average molecular weight is 639 g/mol. The molecule has 10 heteroatoms. The van der Waals surface area contributed by atoms with Gasteiger partial charge in [0, 0.05) is 19.0 Å². The van der Waals surface area contributed by atoms with E-state index in [0.717, 1.165) is 15.4 Å². The van der Waals surface area contributed by atoms with Crippen molar-refractivity contribution in [1.29, 1.82) is 0 Å². The lowest BCUT2D eigenvalue weighted by molar-refractivity contribution is -0.140. The second kappa shape index (κ2) is 14.6. The molecule has 0 aliphatic carbocycles. The van der Waals surface area contributed by atoms with Crippen LogP contribution in [0.2, 0.25) is 10.0 Å². The molecule has 0 aromatic heterocycles. The molecule has 0 fully saturated rings. The zero-order chi connectivity index (χ0) is 31.0. The lowest BCUT2D eigenvalue weighted by atomic mass is 10.0. The summed E-state index contributed by atoms with van der Waals surface area (Å²) < 4.78 is 29.0. The van der Waals surface area contributed by atoms with Crippen molar-refractivity contribution in [1.82, 2.24) is 10.2 Å². The fourth-order valence-electron chi connectivity index (χ4n) is 4.63. The van der Waals surface area contributed by atoms with E-state index in [4.69, 9.17) is 23.2 Å². The third-order valence-corrected chi connectivity index (χ3v) is 9.29. The number of hydrogen-bond donors (Lipinski definition) is 1. The number of benzene rings is 4. The number of hydrogen-bond acceptors (Lipinski definition) is 4. The molecule has 0 unspecified atom stereocenters. The van der Waals surface area contributed by atoms with Crippen LogP contribution in [-0.2, 0) is 32.6 Å². The molecule has 0 aliphatic heterocycles. The Kier molecular flexibility index (Phi) is 10.9. The molecule has 4 aromatic rings. The number of halogens is 2. The predicted molar refractivity (Wildman–Crippen MR) is 172 cm³/mol. The number of carbonyl (C=O) groups is 2. The number of sulfonamides is 1. The van der Waals surface area contributed by atoms with Gasteiger partial charge in [-0.15, -0.1) is 0 Å². The first kappa shape index (κ1) is 32.1. The lowest BCUT2D eigenvalue weighted by Crippen LogP contribution is -2.54. The van der Waals surface area contributed by atoms with E-state index in [1.54, 1.807) is 24.3 Å². The van der Waals surface area contributed by atoms with Crippen LogP contribution in [0, 0.1) is 0 Å². The Bertz CT molecular complexity index is 1640. The second-order valence-electron chi connectivity index (χ2n) is 10.3. The summed E-state index contributed by atoms with van der Waals surface area (Å²) >= 11 is 12.8. The van der Waals surface area contributed by atoms with E-state index in [0.29, 0.717) is 0 Å². The van der Waals surface area contributed by atoms with Crippen LogP contribution in [0.3, 0.4) is 0 Å². The van der Waals surface area contributed by atoms with Gasteiger partial charge in [-0.3, -0.25) is 13.9 Å². The third kappa shape index (κ3) is 8.16. The molecule has 0 radical (unpaired) electrons. The van der Waals surface area contributed by atoms with Gasteiger partial charge in [-0.05, 0) is 49.2 Å². The summed E-state index contributed by atoms with van der Waals surface area (Å²) in [6.07, 6.45) is 0.224. The molecule has 0 aliphatic rings. The summed E-state index contributed by atoms with van der Waals surface area (Å²) in [4.78, 5) is 29.5. The summed E-state index contributed by atoms with van der Waals surface area (Å²) in [5.41, 5.74) is 1.69. The zero-order valence-corrected chi connectivity index (χ0v) is 26.2. The van der Waals surface area contributed by atoms with Gasteiger partial charge in [-0.25, -0.2) is 8.42 Å². The van der Waals surface area contributed by atoms with Gasteiger partial charge in [0.1, 0.15) is 12.6 Å². The molecule has 1 N–H and O–H groups in total. The lowest BCUT2D eigenvalue weighted by Gasteiger charge is -2.34. The van der Waals surface area contributed by atoms with Gasteiger partial charge in [0.15, 0.2) is 0 Å². The fourth-order valence-corrected chi connectivity index (χ4v) is 6.53. The number of nitrogens with zero attached hydrogens (tertiary/aromatic N) is 2. The van der Waals surface area contributed by atoms with Crippen molar-refractivity contribution >= 4 is 50.7 Å². The maximum Gasteiger partial charge on any atom is 0.264 e. The standard InChI is InChI=1S/C33H33Cl2N3O4S/c1-24(2)36-33(40)30(21-25-13-6-3-7-14-25)37(22-26-15-8-4-9-16-26)31(39)23-38(29-20-12-19-28(34)32(29)35)43(41,42)27-17-10-5-11-18-27/h3-20,24,30H,21-23H2,1-2H3,(H,36,40)/t30-/m0/s1. The molecular weight excluding hydrogens is 605 g/mol. The van der Waals surface area contributed by atoms with Crippen LogP contribution in [0.5, 0.6) is 0 Å². The van der Waals surface area contributed by atoms with Crippen molar-refractivity contribution in [2.75, 3.05) is 10.8 Å². The molecule has 7 nitrogen and oxygen atoms in total. The van der Waals surface area contributed by atoms with E-state index < -0.39 is 28.5 Å². The SMILES string of the molecule is CC(C)NC(=O)[C@H](Cc1ccccc1)N(Cc1ccccc1)C(=O)CN(c1cccc(Cl)c1Cl)S(=O)(=O)c1ccccc1. The van der Waals surface area contributed by atoms with Crippen molar-refractivity contribution in [3.8, 4) is 0 Å². The Morgan fingerprint density at radius 2 is 1.33 bits per heavy atom. The van der Waals surface area contributed by atoms with Crippen LogP contribution >= 0.6 is 23.2 Å². The second-order valence-corrected chi connectivity index (χ2v) is 12.9. The summed E-state index contributed by atoms with van der Waals surface area (Å²) in [5.74, 6) is -0.930. The first-order chi connectivity index (χ1) is 20.6. The minimum absolute atomic E-state index is 0.00975. The Hall–Kier alpha value is -3.85. The highest BCUT2D eigenvalue weighted by molar-refractivity contribution is 7.92. The molecule has 0 spiro atoms. The van der Waals surface area contributed by atoms with Gasteiger partial charge in [0.2, 0.25) is 11.8 Å². The van der Waals surface area contributed by atoms with Gasteiger partial charge < -0.3 is 10.2 Å². The number of nitrogens with one attached hydrogen (secondary N) is 1. The first-order valence-corrected chi connectivity index (χ1v) is 16.0. The Balaban J connectivity index is 1.82. The van der Waals surface area contributed by atoms with Gasteiger partial charge in [0.25, 0.3) is 10.0 Å². The average Bonchev–Trinajstić information content (AvgIpc) is 3.00. The maximum atomic E-state index is 14.4. The Labute approximate surface area is 263 Å². The number of anilines is 1. The summed E-state index contributed by atoms with van der Waals surface area (Å²) in [6.45, 7) is 3.14. The highest BCUT2D eigenvalue weighted by Crippen LogP contribution is 2.35. The van der Waals surface area contributed by atoms with Crippen LogP contribution in [0.25, 0.3) is 0 Å². The maximum absolute atomic E-state index is 14.4. The normalized spacial score (nSPS) is 12.0. The summed E-state index contributed by atoms with van der Waals surface area (Å²) in [6, 6.07) is 29.9. The summed E-state index contributed by atoms with van der Waals surface area (Å²) in [7, 11) is -4.28. The third-order valence-electron chi connectivity index (χ3n) is 6.71. The largest absolute Gasteiger partial charge is 0.352 e. The van der Waals surface area contributed by atoms with E-state index in [-0.39, 0.29) is 45.5 Å². The first-order valence-electron chi connectivity index (χ1n) is 13.8. The van der Waals surface area contributed by atoms with E-state index in [1.165, 1.54) is 29.2 Å². The number of rotatable bonds is 12.